The average molecular weight is 270 g/mol. The van der Waals surface area contributed by atoms with Gasteiger partial charge in [-0.3, -0.25) is 0 Å². The van der Waals surface area contributed by atoms with E-state index < -0.39 is 0 Å². The van der Waals surface area contributed by atoms with Crippen molar-refractivity contribution in [2.24, 2.45) is 17.1 Å². The topological polar surface area (TPSA) is 26.0 Å². The molecule has 1 aliphatic rings. The van der Waals surface area contributed by atoms with E-state index in [0.717, 1.165) is 12.0 Å². The third-order valence-electron chi connectivity index (χ3n) is 4.33. The molecule has 1 saturated carbocycles. The molecule has 18 heavy (non-hydrogen) atoms. The molecule has 3 heteroatoms. The molecule has 0 aromatic heterocycles. The molecule has 1 nitrogen and oxygen atoms in total. The Morgan fingerprint density at radius 2 is 2.22 bits per heavy atom. The molecule has 0 saturated heterocycles. The molecule has 0 radical (unpaired) electrons. The fraction of sp³-hybridized carbons (Fsp3) is 0.600. The molecular formula is C15H21ClFN. The Morgan fingerprint density at radius 3 is 2.78 bits per heavy atom. The van der Waals surface area contributed by atoms with Gasteiger partial charge in [0.1, 0.15) is 5.82 Å². The predicted octanol–water partition coefficient (Wildman–Crippen LogP) is 4.18. The summed E-state index contributed by atoms with van der Waals surface area (Å²) >= 11 is 6.06. The van der Waals surface area contributed by atoms with Gasteiger partial charge in [-0.15, -0.1) is 0 Å². The van der Waals surface area contributed by atoms with Gasteiger partial charge >= 0.3 is 0 Å². The first-order valence-corrected chi connectivity index (χ1v) is 6.97. The first kappa shape index (κ1) is 13.8. The zero-order chi connectivity index (χ0) is 13.3. The first-order valence-electron chi connectivity index (χ1n) is 6.59. The maximum absolute atomic E-state index is 13.0. The molecule has 0 bridgehead atoms. The molecule has 100 valence electrons. The van der Waals surface area contributed by atoms with Crippen molar-refractivity contribution in [3.8, 4) is 0 Å². The van der Waals surface area contributed by atoms with Gasteiger partial charge in [-0.2, -0.15) is 0 Å². The Labute approximate surface area is 114 Å². The average Bonchev–Trinajstić information content (AvgIpc) is 2.62. The molecule has 0 spiro atoms. The summed E-state index contributed by atoms with van der Waals surface area (Å²) in [4.78, 5) is 0. The van der Waals surface area contributed by atoms with Crippen LogP contribution in [0.2, 0.25) is 5.02 Å². The second-order valence-electron chi connectivity index (χ2n) is 6.09. The number of rotatable bonds is 3. The Bertz CT molecular complexity index is 431. The maximum atomic E-state index is 13.0. The van der Waals surface area contributed by atoms with Crippen molar-refractivity contribution in [3.63, 3.8) is 0 Å². The van der Waals surface area contributed by atoms with Crippen LogP contribution in [0.3, 0.4) is 0 Å². The number of nitrogens with two attached hydrogens (primary N) is 1. The summed E-state index contributed by atoms with van der Waals surface area (Å²) in [5.74, 6) is 0.233. The van der Waals surface area contributed by atoms with Gasteiger partial charge in [-0.25, -0.2) is 4.39 Å². The minimum Gasteiger partial charge on any atom is -0.327 e. The molecule has 1 aromatic carbocycles. The van der Waals surface area contributed by atoms with Gasteiger partial charge in [-0.1, -0.05) is 37.9 Å². The minimum atomic E-state index is -0.293. The molecule has 2 rings (SSSR count). The predicted molar refractivity (Wildman–Crippen MR) is 74.2 cm³/mol. The number of benzene rings is 1. The molecule has 2 N–H and O–H groups in total. The monoisotopic (exact) mass is 269 g/mol. The van der Waals surface area contributed by atoms with E-state index in [1.54, 1.807) is 6.07 Å². The van der Waals surface area contributed by atoms with Gasteiger partial charge in [0.25, 0.3) is 0 Å². The van der Waals surface area contributed by atoms with Crippen LogP contribution < -0.4 is 5.73 Å². The third-order valence-corrected chi connectivity index (χ3v) is 4.68. The summed E-state index contributed by atoms with van der Waals surface area (Å²) in [6.07, 6.45) is 4.41. The van der Waals surface area contributed by atoms with Crippen LogP contribution in [-0.4, -0.2) is 6.04 Å². The van der Waals surface area contributed by atoms with Gasteiger partial charge in [0, 0.05) is 11.1 Å². The van der Waals surface area contributed by atoms with E-state index in [2.05, 4.69) is 13.8 Å². The fourth-order valence-electron chi connectivity index (χ4n) is 3.23. The van der Waals surface area contributed by atoms with Crippen LogP contribution >= 0.6 is 11.6 Å². The van der Waals surface area contributed by atoms with E-state index in [0.29, 0.717) is 16.4 Å². The summed E-state index contributed by atoms with van der Waals surface area (Å²) in [6, 6.07) is 4.67. The zero-order valence-electron chi connectivity index (χ0n) is 11.0. The number of hydrogen-bond donors (Lipinski definition) is 1. The van der Waals surface area contributed by atoms with Crippen molar-refractivity contribution >= 4 is 11.6 Å². The van der Waals surface area contributed by atoms with Crippen LogP contribution in [-0.2, 0) is 6.42 Å². The smallest absolute Gasteiger partial charge is 0.124 e. The van der Waals surface area contributed by atoms with E-state index >= 15 is 0 Å². The highest BCUT2D eigenvalue weighted by atomic mass is 35.5. The molecule has 0 heterocycles. The highest BCUT2D eigenvalue weighted by molar-refractivity contribution is 6.31. The first-order chi connectivity index (χ1) is 8.40. The SMILES string of the molecule is CC1(C)CCCC1C(N)Cc1ccc(F)cc1Cl. The number of halogens is 2. The molecule has 1 aliphatic carbocycles. The van der Waals surface area contributed by atoms with Gasteiger partial charge in [-0.05, 0) is 48.3 Å². The molecular weight excluding hydrogens is 249 g/mol. The zero-order valence-corrected chi connectivity index (χ0v) is 11.8. The highest BCUT2D eigenvalue weighted by Gasteiger charge is 2.38. The quantitative estimate of drug-likeness (QED) is 0.875. The van der Waals surface area contributed by atoms with Crippen molar-refractivity contribution in [1.29, 1.82) is 0 Å². The summed E-state index contributed by atoms with van der Waals surface area (Å²) < 4.78 is 13.0. The number of hydrogen-bond acceptors (Lipinski definition) is 1. The van der Waals surface area contributed by atoms with E-state index in [1.165, 1.54) is 31.4 Å². The summed E-state index contributed by atoms with van der Waals surface area (Å²) in [6.45, 7) is 4.58. The Kier molecular flexibility index (Phi) is 3.98. The molecule has 2 atom stereocenters. The van der Waals surface area contributed by atoms with E-state index in [9.17, 15) is 4.39 Å². The highest BCUT2D eigenvalue weighted by Crippen LogP contribution is 2.44. The molecule has 0 aliphatic heterocycles. The third kappa shape index (κ3) is 2.86. The molecule has 0 amide bonds. The lowest BCUT2D eigenvalue weighted by Gasteiger charge is -2.32. The second-order valence-corrected chi connectivity index (χ2v) is 6.50. The lowest BCUT2D eigenvalue weighted by molar-refractivity contribution is 0.220. The second kappa shape index (κ2) is 5.18. The van der Waals surface area contributed by atoms with Crippen LogP contribution in [0, 0.1) is 17.2 Å². The minimum absolute atomic E-state index is 0.102. The van der Waals surface area contributed by atoms with Crippen LogP contribution in [0.5, 0.6) is 0 Å². The van der Waals surface area contributed by atoms with Gasteiger partial charge in [0.2, 0.25) is 0 Å². The summed E-state index contributed by atoms with van der Waals surface area (Å²) in [5.41, 5.74) is 7.60. The van der Waals surface area contributed by atoms with Crippen molar-refractivity contribution < 1.29 is 4.39 Å². The fourth-order valence-corrected chi connectivity index (χ4v) is 3.48. The van der Waals surface area contributed by atoms with Crippen molar-refractivity contribution in [2.75, 3.05) is 0 Å². The van der Waals surface area contributed by atoms with Crippen LogP contribution in [0.1, 0.15) is 38.7 Å². The Balaban J connectivity index is 2.09. The van der Waals surface area contributed by atoms with Crippen molar-refractivity contribution in [3.05, 3.63) is 34.6 Å². The van der Waals surface area contributed by atoms with Crippen LogP contribution in [0.15, 0.2) is 18.2 Å². The van der Waals surface area contributed by atoms with E-state index in [4.69, 9.17) is 17.3 Å². The van der Waals surface area contributed by atoms with Crippen molar-refractivity contribution in [2.45, 2.75) is 45.6 Å². The van der Waals surface area contributed by atoms with Gasteiger partial charge < -0.3 is 5.73 Å². The molecule has 2 unspecified atom stereocenters. The lowest BCUT2D eigenvalue weighted by Crippen LogP contribution is -2.38. The van der Waals surface area contributed by atoms with Gasteiger partial charge in [0.05, 0.1) is 0 Å². The van der Waals surface area contributed by atoms with Gasteiger partial charge in [0.15, 0.2) is 0 Å². The Morgan fingerprint density at radius 1 is 1.50 bits per heavy atom. The largest absolute Gasteiger partial charge is 0.327 e. The Hall–Kier alpha value is -0.600. The van der Waals surface area contributed by atoms with Crippen LogP contribution in [0.25, 0.3) is 0 Å². The standard InChI is InChI=1S/C15H21ClFN/c1-15(2)7-3-4-12(15)14(18)8-10-5-6-11(17)9-13(10)16/h5-6,9,12,14H,3-4,7-8,18H2,1-2H3. The van der Waals surface area contributed by atoms with Crippen molar-refractivity contribution in [1.82, 2.24) is 0 Å². The molecule has 1 fully saturated rings. The normalized spacial score (nSPS) is 24.2. The van der Waals surface area contributed by atoms with E-state index in [1.807, 2.05) is 0 Å². The van der Waals surface area contributed by atoms with E-state index in [-0.39, 0.29) is 11.9 Å². The summed E-state index contributed by atoms with van der Waals surface area (Å²) in [5, 5.41) is 0.487. The maximum Gasteiger partial charge on any atom is 0.124 e. The molecule has 1 aromatic rings. The lowest BCUT2D eigenvalue weighted by atomic mass is 9.76. The summed E-state index contributed by atoms with van der Waals surface area (Å²) in [7, 11) is 0. The van der Waals surface area contributed by atoms with Crippen LogP contribution in [0.4, 0.5) is 4.39 Å².